The molecule has 1 aliphatic rings. The first kappa shape index (κ1) is 9.71. The number of alkyl halides is 1. The molecule has 0 radical (unpaired) electrons. The Labute approximate surface area is 88.9 Å². The van der Waals surface area contributed by atoms with Gasteiger partial charge in [0.1, 0.15) is 0 Å². The highest BCUT2D eigenvalue weighted by molar-refractivity contribution is 6.18. The second-order valence-corrected chi connectivity index (χ2v) is 4.28. The molecule has 2 rings (SSSR count). The van der Waals surface area contributed by atoms with E-state index in [4.69, 9.17) is 11.6 Å². The maximum Gasteiger partial charge on any atom is 0.222 e. The quantitative estimate of drug-likeness (QED) is 0.777. The highest BCUT2D eigenvalue weighted by Crippen LogP contribution is 2.46. The lowest BCUT2D eigenvalue weighted by Gasteiger charge is -2.11. The minimum Gasteiger partial charge on any atom is -0.354 e. The fourth-order valence-electron chi connectivity index (χ4n) is 1.34. The third kappa shape index (κ3) is 2.15. The van der Waals surface area contributed by atoms with Crippen LogP contribution in [0.4, 0.5) is 5.95 Å². The number of halogens is 1. The van der Waals surface area contributed by atoms with E-state index < -0.39 is 0 Å². The molecule has 1 heterocycles. The standard InChI is InChI=1S/C10H14ClN3/c1-8-2-5-12-9(14-8)13-7-10(6-11)3-4-10/h2,5H,3-4,6-7H2,1H3,(H,12,13,14). The van der Waals surface area contributed by atoms with Gasteiger partial charge in [0, 0.05) is 29.7 Å². The Morgan fingerprint density at radius 3 is 2.93 bits per heavy atom. The van der Waals surface area contributed by atoms with E-state index in [0.29, 0.717) is 11.4 Å². The van der Waals surface area contributed by atoms with E-state index >= 15 is 0 Å². The first-order valence-electron chi connectivity index (χ1n) is 4.84. The average molecular weight is 212 g/mol. The van der Waals surface area contributed by atoms with Gasteiger partial charge in [0.15, 0.2) is 0 Å². The molecule has 0 amide bonds. The van der Waals surface area contributed by atoms with Crippen molar-refractivity contribution in [1.29, 1.82) is 0 Å². The van der Waals surface area contributed by atoms with Gasteiger partial charge in [-0.1, -0.05) is 0 Å². The van der Waals surface area contributed by atoms with E-state index in [1.807, 2.05) is 13.0 Å². The molecule has 3 nitrogen and oxygen atoms in total. The highest BCUT2D eigenvalue weighted by atomic mass is 35.5. The number of hydrogen-bond donors (Lipinski definition) is 1. The van der Waals surface area contributed by atoms with Crippen molar-refractivity contribution in [3.05, 3.63) is 18.0 Å². The van der Waals surface area contributed by atoms with Crippen molar-refractivity contribution < 1.29 is 0 Å². The third-order valence-electron chi connectivity index (χ3n) is 2.66. The second-order valence-electron chi connectivity index (χ2n) is 4.01. The fourth-order valence-corrected chi connectivity index (χ4v) is 1.70. The van der Waals surface area contributed by atoms with Gasteiger partial charge in [-0.3, -0.25) is 0 Å². The summed E-state index contributed by atoms with van der Waals surface area (Å²) in [6.07, 6.45) is 4.20. The van der Waals surface area contributed by atoms with Gasteiger partial charge in [-0.05, 0) is 25.8 Å². The second kappa shape index (κ2) is 3.73. The predicted octanol–water partition coefficient (Wildman–Crippen LogP) is 2.22. The molecule has 76 valence electrons. The number of rotatable bonds is 4. The van der Waals surface area contributed by atoms with Crippen LogP contribution in [0.3, 0.4) is 0 Å². The molecule has 1 aromatic heterocycles. The van der Waals surface area contributed by atoms with Crippen molar-refractivity contribution in [2.45, 2.75) is 19.8 Å². The van der Waals surface area contributed by atoms with E-state index in [-0.39, 0.29) is 0 Å². The van der Waals surface area contributed by atoms with Crippen LogP contribution in [-0.2, 0) is 0 Å². The fraction of sp³-hybridized carbons (Fsp3) is 0.600. The van der Waals surface area contributed by atoms with Crippen LogP contribution in [0.25, 0.3) is 0 Å². The number of nitrogens with one attached hydrogen (secondary N) is 1. The van der Waals surface area contributed by atoms with Crippen LogP contribution in [0.5, 0.6) is 0 Å². The number of nitrogens with zero attached hydrogens (tertiary/aromatic N) is 2. The summed E-state index contributed by atoms with van der Waals surface area (Å²) in [4.78, 5) is 8.41. The van der Waals surface area contributed by atoms with Crippen molar-refractivity contribution >= 4 is 17.5 Å². The molecular weight excluding hydrogens is 198 g/mol. The molecule has 0 aliphatic heterocycles. The highest BCUT2D eigenvalue weighted by Gasteiger charge is 2.41. The third-order valence-corrected chi connectivity index (χ3v) is 3.22. The van der Waals surface area contributed by atoms with Crippen LogP contribution in [0.1, 0.15) is 18.5 Å². The Balaban J connectivity index is 1.92. The summed E-state index contributed by atoms with van der Waals surface area (Å²) in [7, 11) is 0. The molecule has 0 spiro atoms. The first-order valence-corrected chi connectivity index (χ1v) is 5.37. The Hall–Kier alpha value is -0.830. The van der Waals surface area contributed by atoms with E-state index in [0.717, 1.165) is 18.1 Å². The van der Waals surface area contributed by atoms with Gasteiger partial charge in [0.05, 0.1) is 0 Å². The summed E-state index contributed by atoms with van der Waals surface area (Å²) in [5, 5.41) is 3.23. The normalized spacial score (nSPS) is 17.9. The molecule has 1 saturated carbocycles. The van der Waals surface area contributed by atoms with Crippen LogP contribution in [0.15, 0.2) is 12.3 Å². The zero-order chi connectivity index (χ0) is 10.0. The Morgan fingerprint density at radius 2 is 2.36 bits per heavy atom. The summed E-state index contributed by atoms with van der Waals surface area (Å²) in [6, 6.07) is 1.89. The summed E-state index contributed by atoms with van der Waals surface area (Å²) in [6.45, 7) is 2.85. The van der Waals surface area contributed by atoms with Crippen molar-refractivity contribution in [3.63, 3.8) is 0 Å². The van der Waals surface area contributed by atoms with E-state index in [1.54, 1.807) is 6.20 Å². The number of anilines is 1. The predicted molar refractivity (Wildman–Crippen MR) is 57.6 cm³/mol. The largest absolute Gasteiger partial charge is 0.354 e. The van der Waals surface area contributed by atoms with Gasteiger partial charge in [-0.25, -0.2) is 9.97 Å². The minimum absolute atomic E-state index is 0.314. The van der Waals surface area contributed by atoms with Gasteiger partial charge in [0.2, 0.25) is 5.95 Å². The Kier molecular flexibility index (Phi) is 2.59. The first-order chi connectivity index (χ1) is 6.74. The van der Waals surface area contributed by atoms with Gasteiger partial charge >= 0.3 is 0 Å². The Morgan fingerprint density at radius 1 is 1.57 bits per heavy atom. The van der Waals surface area contributed by atoms with Crippen molar-refractivity contribution in [2.75, 3.05) is 17.7 Å². The molecule has 1 N–H and O–H groups in total. The number of aromatic nitrogens is 2. The maximum atomic E-state index is 5.87. The SMILES string of the molecule is Cc1ccnc(NCC2(CCl)CC2)n1. The molecule has 14 heavy (non-hydrogen) atoms. The van der Waals surface area contributed by atoms with Crippen LogP contribution in [0, 0.1) is 12.3 Å². The molecule has 0 unspecified atom stereocenters. The van der Waals surface area contributed by atoms with Crippen LogP contribution in [0.2, 0.25) is 0 Å². The number of hydrogen-bond acceptors (Lipinski definition) is 3. The summed E-state index contributed by atoms with van der Waals surface area (Å²) >= 11 is 5.87. The zero-order valence-corrected chi connectivity index (χ0v) is 9.01. The molecule has 0 bridgehead atoms. The lowest BCUT2D eigenvalue weighted by atomic mass is 10.1. The van der Waals surface area contributed by atoms with Gasteiger partial charge in [-0.2, -0.15) is 0 Å². The van der Waals surface area contributed by atoms with Crippen LogP contribution in [-0.4, -0.2) is 22.4 Å². The van der Waals surface area contributed by atoms with Crippen molar-refractivity contribution in [1.82, 2.24) is 9.97 Å². The van der Waals surface area contributed by atoms with Gasteiger partial charge in [0.25, 0.3) is 0 Å². The van der Waals surface area contributed by atoms with Crippen LogP contribution >= 0.6 is 11.6 Å². The number of aryl methyl sites for hydroxylation is 1. The molecule has 1 aliphatic carbocycles. The van der Waals surface area contributed by atoms with Gasteiger partial charge < -0.3 is 5.32 Å². The molecular formula is C10H14ClN3. The molecule has 1 aromatic rings. The van der Waals surface area contributed by atoms with Crippen LogP contribution < -0.4 is 5.32 Å². The smallest absolute Gasteiger partial charge is 0.222 e. The monoisotopic (exact) mass is 211 g/mol. The maximum absolute atomic E-state index is 5.87. The molecule has 0 atom stereocenters. The van der Waals surface area contributed by atoms with E-state index in [1.165, 1.54) is 12.8 Å². The lowest BCUT2D eigenvalue weighted by molar-refractivity contribution is 0.615. The van der Waals surface area contributed by atoms with Crippen molar-refractivity contribution in [3.8, 4) is 0 Å². The zero-order valence-electron chi connectivity index (χ0n) is 8.26. The average Bonchev–Trinajstić information content (AvgIpc) is 2.96. The molecule has 0 saturated heterocycles. The van der Waals surface area contributed by atoms with E-state index in [9.17, 15) is 0 Å². The van der Waals surface area contributed by atoms with Gasteiger partial charge in [-0.15, -0.1) is 11.6 Å². The summed E-state index contributed by atoms with van der Waals surface area (Å²) < 4.78 is 0. The van der Waals surface area contributed by atoms with E-state index in [2.05, 4.69) is 15.3 Å². The van der Waals surface area contributed by atoms with Crippen molar-refractivity contribution in [2.24, 2.45) is 5.41 Å². The molecule has 0 aromatic carbocycles. The molecule has 1 fully saturated rings. The minimum atomic E-state index is 0.314. The lowest BCUT2D eigenvalue weighted by Crippen LogP contribution is -2.18. The summed E-state index contributed by atoms with van der Waals surface area (Å²) in [5.41, 5.74) is 1.30. The Bertz CT molecular complexity index is 323. The topological polar surface area (TPSA) is 37.8 Å². The molecule has 4 heteroatoms. The summed E-state index contributed by atoms with van der Waals surface area (Å²) in [5.74, 6) is 1.44.